The van der Waals surface area contributed by atoms with Crippen LogP contribution in [0.25, 0.3) is 0 Å². The molecule has 1 atom stereocenters. The lowest BCUT2D eigenvalue weighted by molar-refractivity contribution is -0.134. The lowest BCUT2D eigenvalue weighted by atomic mass is 10.0. The van der Waals surface area contributed by atoms with Crippen molar-refractivity contribution in [2.45, 2.75) is 19.1 Å². The molecule has 6 heteroatoms. The Morgan fingerprint density at radius 2 is 2.00 bits per heavy atom. The van der Waals surface area contributed by atoms with Crippen LogP contribution in [0, 0.1) is 0 Å². The minimum absolute atomic E-state index is 0.0505. The lowest BCUT2D eigenvalue weighted by Gasteiger charge is -2.33. The van der Waals surface area contributed by atoms with Crippen molar-refractivity contribution in [1.29, 1.82) is 0 Å². The summed E-state index contributed by atoms with van der Waals surface area (Å²) in [7, 11) is 1.22. The number of halogens is 3. The molecule has 1 heterocycles. The van der Waals surface area contributed by atoms with Crippen molar-refractivity contribution in [3.8, 4) is 0 Å². The van der Waals surface area contributed by atoms with E-state index < -0.39 is 23.9 Å². The average Bonchev–Trinajstić information content (AvgIpc) is 2.06. The number of hydrogen-bond donors (Lipinski definition) is 1. The van der Waals surface area contributed by atoms with E-state index in [4.69, 9.17) is 5.11 Å². The summed E-state index contributed by atoms with van der Waals surface area (Å²) in [5.41, 5.74) is -0.884. The van der Waals surface area contributed by atoms with Gasteiger partial charge >= 0.3 is 12.1 Å². The number of allylic oxidation sites excluding steroid dienone is 3. The van der Waals surface area contributed by atoms with Crippen molar-refractivity contribution in [2.24, 2.45) is 0 Å². The smallest absolute Gasteiger partial charge is 0.431 e. The van der Waals surface area contributed by atoms with Crippen LogP contribution in [0.2, 0.25) is 0 Å². The predicted molar refractivity (Wildman–Crippen MR) is 47.1 cm³/mol. The van der Waals surface area contributed by atoms with Crippen LogP contribution in [-0.4, -0.2) is 35.2 Å². The minimum atomic E-state index is -4.45. The van der Waals surface area contributed by atoms with Crippen LogP contribution in [-0.2, 0) is 4.79 Å². The van der Waals surface area contributed by atoms with E-state index in [0.29, 0.717) is 0 Å². The summed E-state index contributed by atoms with van der Waals surface area (Å²) in [4.78, 5) is 11.6. The monoisotopic (exact) mass is 221 g/mol. The van der Waals surface area contributed by atoms with Gasteiger partial charge in [0, 0.05) is 7.05 Å². The molecule has 84 valence electrons. The zero-order valence-electron chi connectivity index (χ0n) is 8.17. The molecular formula is C9H10F3NO2. The molecule has 0 saturated heterocycles. The Hall–Kier alpha value is -1.46. The van der Waals surface area contributed by atoms with E-state index in [1.165, 1.54) is 14.0 Å². The highest BCUT2D eigenvalue weighted by Gasteiger charge is 2.40. The largest absolute Gasteiger partial charge is 0.478 e. The zero-order chi connectivity index (χ0) is 11.8. The second-order valence-electron chi connectivity index (χ2n) is 3.26. The molecule has 0 spiro atoms. The summed E-state index contributed by atoms with van der Waals surface area (Å²) in [5.74, 6) is -1.20. The van der Waals surface area contributed by atoms with E-state index in [0.717, 1.165) is 17.1 Å². The molecule has 1 aliphatic rings. The summed E-state index contributed by atoms with van der Waals surface area (Å²) in [6.07, 6.45) is -2.68. The molecule has 3 nitrogen and oxygen atoms in total. The van der Waals surface area contributed by atoms with Crippen LogP contribution in [0.1, 0.15) is 6.92 Å². The van der Waals surface area contributed by atoms with Crippen LogP contribution >= 0.6 is 0 Å². The highest BCUT2D eigenvalue weighted by atomic mass is 19.4. The second-order valence-corrected chi connectivity index (χ2v) is 3.26. The van der Waals surface area contributed by atoms with Crippen LogP contribution in [0.4, 0.5) is 13.2 Å². The number of rotatable bonds is 1. The maximum atomic E-state index is 12.4. The molecule has 1 aliphatic heterocycles. The van der Waals surface area contributed by atoms with Gasteiger partial charge in [-0.15, -0.1) is 0 Å². The van der Waals surface area contributed by atoms with E-state index in [1.54, 1.807) is 0 Å². The molecule has 1 rings (SSSR count). The first-order valence-electron chi connectivity index (χ1n) is 4.20. The van der Waals surface area contributed by atoms with Gasteiger partial charge in [-0.1, -0.05) is 0 Å². The molecule has 0 aromatic rings. The predicted octanol–water partition coefficient (Wildman–Crippen LogP) is 1.78. The van der Waals surface area contributed by atoms with E-state index >= 15 is 0 Å². The fraction of sp³-hybridized carbons (Fsp3) is 0.444. The van der Waals surface area contributed by atoms with Crippen LogP contribution in [0.5, 0.6) is 0 Å². The summed E-state index contributed by atoms with van der Waals surface area (Å²) in [5, 5.41) is 8.71. The molecule has 0 aromatic heterocycles. The van der Waals surface area contributed by atoms with Crippen molar-refractivity contribution in [2.75, 3.05) is 7.05 Å². The molecular weight excluding hydrogens is 211 g/mol. The maximum absolute atomic E-state index is 12.4. The second kappa shape index (κ2) is 3.60. The number of aliphatic carboxylic acids is 1. The van der Waals surface area contributed by atoms with Gasteiger partial charge in [0.1, 0.15) is 5.70 Å². The standard InChI is InChI=1S/C9H10F3NO2/c1-5-6(8(14)15)3-4-7(13(5)2)9(10,11)12/h3-5H,1-2H3,(H,14,15). The topological polar surface area (TPSA) is 40.5 Å². The van der Waals surface area contributed by atoms with Crippen molar-refractivity contribution < 1.29 is 23.1 Å². The molecule has 1 unspecified atom stereocenters. The average molecular weight is 221 g/mol. The fourth-order valence-corrected chi connectivity index (χ4v) is 1.39. The fourth-order valence-electron chi connectivity index (χ4n) is 1.39. The molecule has 0 amide bonds. The van der Waals surface area contributed by atoms with Gasteiger partial charge in [-0.3, -0.25) is 0 Å². The van der Waals surface area contributed by atoms with Gasteiger partial charge in [-0.05, 0) is 19.1 Å². The quantitative estimate of drug-likeness (QED) is 0.733. The Morgan fingerprint density at radius 1 is 1.47 bits per heavy atom. The molecule has 15 heavy (non-hydrogen) atoms. The van der Waals surface area contributed by atoms with Crippen molar-refractivity contribution in [3.63, 3.8) is 0 Å². The number of carboxylic acid groups (broad SMARTS) is 1. The number of hydrogen-bond acceptors (Lipinski definition) is 2. The van der Waals surface area contributed by atoms with Gasteiger partial charge in [0.2, 0.25) is 0 Å². The Bertz CT molecular complexity index is 344. The van der Waals surface area contributed by atoms with Gasteiger partial charge in [0.25, 0.3) is 0 Å². The molecule has 0 bridgehead atoms. The Morgan fingerprint density at radius 3 is 2.40 bits per heavy atom. The van der Waals surface area contributed by atoms with E-state index in [1.807, 2.05) is 0 Å². The van der Waals surface area contributed by atoms with Crippen LogP contribution in [0.15, 0.2) is 23.4 Å². The summed E-state index contributed by atoms with van der Waals surface area (Å²) in [6.45, 7) is 1.42. The third-order valence-electron chi connectivity index (χ3n) is 2.37. The third-order valence-corrected chi connectivity index (χ3v) is 2.37. The number of carbonyl (C=O) groups is 1. The van der Waals surface area contributed by atoms with Gasteiger partial charge in [-0.2, -0.15) is 13.2 Å². The molecule has 0 fully saturated rings. The summed E-state index contributed by atoms with van der Waals surface area (Å²) in [6, 6.07) is -0.788. The summed E-state index contributed by atoms with van der Waals surface area (Å²) >= 11 is 0. The number of nitrogens with zero attached hydrogens (tertiary/aromatic N) is 1. The van der Waals surface area contributed by atoms with Gasteiger partial charge in [0.15, 0.2) is 0 Å². The first kappa shape index (κ1) is 11.6. The first-order chi connectivity index (χ1) is 6.75. The van der Waals surface area contributed by atoms with Crippen molar-refractivity contribution in [3.05, 3.63) is 23.4 Å². The maximum Gasteiger partial charge on any atom is 0.431 e. The molecule has 0 radical (unpaired) electrons. The SMILES string of the molecule is CC1C(C(=O)O)=CC=C(C(F)(F)F)N1C. The van der Waals surface area contributed by atoms with Crippen LogP contribution < -0.4 is 0 Å². The Kier molecular flexibility index (Phi) is 2.79. The number of likely N-dealkylation sites (N-methyl/N-ethyl adjacent to an activating group) is 1. The summed E-state index contributed by atoms with van der Waals surface area (Å²) < 4.78 is 37.2. The minimum Gasteiger partial charge on any atom is -0.478 e. The lowest BCUT2D eigenvalue weighted by Crippen LogP contribution is -2.39. The molecule has 0 aromatic carbocycles. The molecule has 1 N–H and O–H groups in total. The zero-order valence-corrected chi connectivity index (χ0v) is 8.17. The first-order valence-corrected chi connectivity index (χ1v) is 4.20. The van der Waals surface area contributed by atoms with Crippen molar-refractivity contribution in [1.82, 2.24) is 4.90 Å². The number of alkyl halides is 3. The third kappa shape index (κ3) is 2.14. The Balaban J connectivity index is 3.11. The van der Waals surface area contributed by atoms with Crippen LogP contribution in [0.3, 0.4) is 0 Å². The molecule has 0 saturated carbocycles. The number of carboxylic acids is 1. The van der Waals surface area contributed by atoms with Gasteiger partial charge < -0.3 is 10.0 Å². The van der Waals surface area contributed by atoms with Crippen molar-refractivity contribution >= 4 is 5.97 Å². The van der Waals surface area contributed by atoms with Gasteiger partial charge in [0.05, 0.1) is 11.6 Å². The van der Waals surface area contributed by atoms with Gasteiger partial charge in [-0.25, -0.2) is 4.79 Å². The highest BCUT2D eigenvalue weighted by Crippen LogP contribution is 2.32. The van der Waals surface area contributed by atoms with E-state index in [9.17, 15) is 18.0 Å². The molecule has 0 aliphatic carbocycles. The highest BCUT2D eigenvalue weighted by molar-refractivity contribution is 5.88. The normalized spacial score (nSPS) is 22.2. The van der Waals surface area contributed by atoms with E-state index in [-0.39, 0.29) is 5.57 Å². The van der Waals surface area contributed by atoms with E-state index in [2.05, 4.69) is 0 Å². The Labute approximate surface area is 84.5 Å².